The van der Waals surface area contributed by atoms with Gasteiger partial charge in [-0.3, -0.25) is 14.5 Å². The van der Waals surface area contributed by atoms with Gasteiger partial charge in [-0.15, -0.1) is 18.3 Å². The Morgan fingerprint density at radius 2 is 2.29 bits per heavy atom. The summed E-state index contributed by atoms with van der Waals surface area (Å²) in [4.78, 5) is 17.3. The molecule has 0 saturated heterocycles. The predicted molar refractivity (Wildman–Crippen MR) is 63.4 cm³/mol. The Labute approximate surface area is 117 Å². The minimum absolute atomic E-state index is 0.00936. The topological polar surface area (TPSA) is 109 Å². The quantitative estimate of drug-likeness (QED) is 0.587. The molecule has 0 unspecified atom stereocenters. The second-order valence-corrected chi connectivity index (χ2v) is 4.34. The fourth-order valence-electron chi connectivity index (χ4n) is 1.57. The number of aromatic amines is 1. The van der Waals surface area contributed by atoms with Gasteiger partial charge in [0.25, 0.3) is 5.91 Å². The number of nitrogens with zero attached hydrogens (tertiary/aromatic N) is 4. The van der Waals surface area contributed by atoms with Crippen molar-refractivity contribution in [3.63, 3.8) is 0 Å². The van der Waals surface area contributed by atoms with Crippen molar-refractivity contribution in [2.75, 3.05) is 13.2 Å². The smallest absolute Gasteiger partial charge is 0.364 e. The van der Waals surface area contributed by atoms with Crippen molar-refractivity contribution in [3.8, 4) is 0 Å². The Kier molecular flexibility index (Phi) is 4.40. The van der Waals surface area contributed by atoms with Gasteiger partial charge in [-0.1, -0.05) is 5.22 Å². The Hall–Kier alpha value is -2.17. The third-order valence-electron chi connectivity index (χ3n) is 2.67. The van der Waals surface area contributed by atoms with Crippen molar-refractivity contribution < 1.29 is 22.7 Å². The summed E-state index contributed by atoms with van der Waals surface area (Å²) < 4.78 is 39.4. The SMILES string of the molecule is NC(=O)c1[nH]cnc1/N=N/N(CCOC(F)(F)F)C1CC1. The molecule has 21 heavy (non-hydrogen) atoms. The Morgan fingerprint density at radius 3 is 2.86 bits per heavy atom. The Bertz CT molecular complexity index is 525. The fraction of sp³-hybridized carbons (Fsp3) is 0.600. The van der Waals surface area contributed by atoms with Crippen LogP contribution in [0.1, 0.15) is 23.3 Å². The molecule has 1 aliphatic rings. The first-order chi connectivity index (χ1) is 9.87. The van der Waals surface area contributed by atoms with Crippen LogP contribution in [0, 0.1) is 0 Å². The van der Waals surface area contributed by atoms with Crippen molar-refractivity contribution in [1.82, 2.24) is 15.0 Å². The van der Waals surface area contributed by atoms with Crippen LogP contribution in [0.4, 0.5) is 19.0 Å². The van der Waals surface area contributed by atoms with Gasteiger partial charge in [-0.2, -0.15) is 0 Å². The van der Waals surface area contributed by atoms with Crippen LogP contribution in [-0.4, -0.2) is 46.4 Å². The van der Waals surface area contributed by atoms with Crippen molar-refractivity contribution in [2.45, 2.75) is 25.2 Å². The molecule has 1 saturated carbocycles. The van der Waals surface area contributed by atoms with E-state index < -0.39 is 18.9 Å². The Morgan fingerprint density at radius 1 is 1.57 bits per heavy atom. The summed E-state index contributed by atoms with van der Waals surface area (Å²) >= 11 is 0. The normalized spacial score (nSPS) is 15.6. The minimum atomic E-state index is -4.67. The van der Waals surface area contributed by atoms with Crippen LogP contribution in [0.3, 0.4) is 0 Å². The summed E-state index contributed by atoms with van der Waals surface area (Å²) in [6.07, 6.45) is -1.82. The molecule has 1 heterocycles. The number of aromatic nitrogens is 2. The molecule has 0 aromatic carbocycles. The van der Waals surface area contributed by atoms with E-state index >= 15 is 0 Å². The zero-order valence-electron chi connectivity index (χ0n) is 10.8. The average Bonchev–Trinajstić information content (AvgIpc) is 3.10. The van der Waals surface area contributed by atoms with E-state index in [2.05, 4.69) is 25.0 Å². The Balaban J connectivity index is 1.94. The van der Waals surface area contributed by atoms with Gasteiger partial charge in [0.15, 0.2) is 5.69 Å². The molecule has 0 bridgehead atoms. The van der Waals surface area contributed by atoms with Gasteiger partial charge in [0.05, 0.1) is 19.5 Å². The standard InChI is InChI=1S/C10H13F3N6O2/c11-10(12,13)21-4-3-19(6-1-2-6)18-17-9-7(8(14)20)15-5-16-9/h5-6H,1-4H2,(H2,14,20)(H,15,16)/b18-17+. The maximum Gasteiger partial charge on any atom is 0.522 e. The number of H-pyrrole nitrogens is 1. The molecular weight excluding hydrogens is 293 g/mol. The monoisotopic (exact) mass is 306 g/mol. The predicted octanol–water partition coefficient (Wildman–Crippen LogP) is 1.51. The van der Waals surface area contributed by atoms with Crippen LogP contribution in [0.25, 0.3) is 0 Å². The second kappa shape index (κ2) is 6.08. The summed E-state index contributed by atoms with van der Waals surface area (Å²) in [6.45, 7) is -0.619. The summed E-state index contributed by atoms with van der Waals surface area (Å²) in [5.41, 5.74) is 5.08. The van der Waals surface area contributed by atoms with E-state index in [1.54, 1.807) is 0 Å². The molecule has 2 rings (SSSR count). The minimum Gasteiger partial charge on any atom is -0.364 e. The molecule has 116 valence electrons. The molecular formula is C10H13F3N6O2. The largest absolute Gasteiger partial charge is 0.522 e. The number of rotatable bonds is 7. The molecule has 1 aromatic rings. The van der Waals surface area contributed by atoms with Crippen LogP contribution < -0.4 is 5.73 Å². The highest BCUT2D eigenvalue weighted by atomic mass is 19.4. The number of hydrogen-bond acceptors (Lipinski definition) is 5. The number of amides is 1. The molecule has 8 nitrogen and oxygen atoms in total. The molecule has 1 amide bonds. The van der Waals surface area contributed by atoms with E-state index in [1.165, 1.54) is 11.3 Å². The zero-order chi connectivity index (χ0) is 15.5. The summed E-state index contributed by atoms with van der Waals surface area (Å²) in [5, 5.41) is 8.93. The molecule has 1 fully saturated rings. The van der Waals surface area contributed by atoms with Crippen molar-refractivity contribution in [2.24, 2.45) is 16.1 Å². The van der Waals surface area contributed by atoms with Gasteiger partial charge in [-0.25, -0.2) is 4.98 Å². The summed E-state index contributed by atoms with van der Waals surface area (Å²) in [5.74, 6) is -0.760. The highest BCUT2D eigenvalue weighted by Gasteiger charge is 2.32. The number of hydrogen-bond donors (Lipinski definition) is 2. The van der Waals surface area contributed by atoms with E-state index in [-0.39, 0.29) is 24.1 Å². The number of carbonyl (C=O) groups is 1. The van der Waals surface area contributed by atoms with E-state index in [1.807, 2.05) is 0 Å². The van der Waals surface area contributed by atoms with Gasteiger partial charge >= 0.3 is 6.36 Å². The fourth-order valence-corrected chi connectivity index (χ4v) is 1.57. The van der Waals surface area contributed by atoms with Crippen molar-refractivity contribution >= 4 is 11.7 Å². The summed E-state index contributed by atoms with van der Waals surface area (Å²) in [7, 11) is 0. The number of imidazole rings is 1. The number of nitrogens with two attached hydrogens (primary N) is 1. The molecule has 0 atom stereocenters. The van der Waals surface area contributed by atoms with Gasteiger partial charge in [0.2, 0.25) is 5.82 Å². The molecule has 0 radical (unpaired) electrons. The average molecular weight is 306 g/mol. The molecule has 11 heteroatoms. The van der Waals surface area contributed by atoms with Crippen molar-refractivity contribution in [1.29, 1.82) is 0 Å². The lowest BCUT2D eigenvalue weighted by molar-refractivity contribution is -0.325. The first-order valence-corrected chi connectivity index (χ1v) is 6.09. The zero-order valence-corrected chi connectivity index (χ0v) is 10.8. The number of nitrogens with one attached hydrogen (secondary N) is 1. The lowest BCUT2D eigenvalue weighted by atomic mass is 10.4. The van der Waals surface area contributed by atoms with E-state index in [4.69, 9.17) is 5.73 Å². The van der Waals surface area contributed by atoms with Crippen LogP contribution >= 0.6 is 0 Å². The lowest BCUT2D eigenvalue weighted by Crippen LogP contribution is -2.27. The second-order valence-electron chi connectivity index (χ2n) is 4.34. The van der Waals surface area contributed by atoms with Crippen LogP contribution in [0.2, 0.25) is 0 Å². The molecule has 1 aromatic heterocycles. The van der Waals surface area contributed by atoms with Crippen LogP contribution in [-0.2, 0) is 4.74 Å². The molecule has 0 aliphatic heterocycles. The number of primary amides is 1. The number of alkyl halides is 3. The third-order valence-corrected chi connectivity index (χ3v) is 2.67. The van der Waals surface area contributed by atoms with Crippen LogP contribution in [0.15, 0.2) is 16.7 Å². The van der Waals surface area contributed by atoms with E-state index in [0.29, 0.717) is 0 Å². The highest BCUT2D eigenvalue weighted by molar-refractivity contribution is 5.94. The molecule has 1 aliphatic carbocycles. The third kappa shape index (κ3) is 4.70. The van der Waals surface area contributed by atoms with Gasteiger partial charge in [-0.05, 0) is 12.8 Å². The highest BCUT2D eigenvalue weighted by Crippen LogP contribution is 2.28. The number of carbonyl (C=O) groups excluding carboxylic acids is 1. The molecule has 0 spiro atoms. The first kappa shape index (κ1) is 15.2. The maximum atomic E-state index is 11.9. The van der Waals surface area contributed by atoms with Gasteiger partial charge in [0, 0.05) is 6.04 Å². The van der Waals surface area contributed by atoms with Crippen LogP contribution in [0.5, 0.6) is 0 Å². The number of ether oxygens (including phenoxy) is 1. The van der Waals surface area contributed by atoms with E-state index in [0.717, 1.165) is 12.8 Å². The first-order valence-electron chi connectivity index (χ1n) is 6.09. The van der Waals surface area contributed by atoms with Gasteiger partial charge in [0.1, 0.15) is 0 Å². The summed E-state index contributed by atoms with van der Waals surface area (Å²) in [6, 6.07) is 0.0292. The maximum absolute atomic E-state index is 11.9. The molecule has 3 N–H and O–H groups in total. The van der Waals surface area contributed by atoms with Gasteiger partial charge < -0.3 is 10.7 Å². The number of halogens is 3. The lowest BCUT2D eigenvalue weighted by Gasteiger charge is -2.17. The van der Waals surface area contributed by atoms with Crippen molar-refractivity contribution in [3.05, 3.63) is 12.0 Å². The van der Waals surface area contributed by atoms with E-state index in [9.17, 15) is 18.0 Å².